The van der Waals surface area contributed by atoms with E-state index in [1.807, 2.05) is 0 Å². The predicted molar refractivity (Wildman–Crippen MR) is 164 cm³/mol. The minimum Gasteiger partial charge on any atom is -0.352 e. The number of amides is 2. The van der Waals surface area contributed by atoms with Crippen molar-refractivity contribution in [2.75, 3.05) is 10.8 Å². The maximum Gasteiger partial charge on any atom is 0.264 e. The minimum absolute atomic E-state index is 0.00529. The van der Waals surface area contributed by atoms with Crippen LogP contribution in [0.4, 0.5) is 5.69 Å². The van der Waals surface area contributed by atoms with Crippen LogP contribution < -0.4 is 9.62 Å². The van der Waals surface area contributed by atoms with Crippen molar-refractivity contribution in [3.8, 4) is 0 Å². The summed E-state index contributed by atoms with van der Waals surface area (Å²) < 4.78 is 28.7. The van der Waals surface area contributed by atoms with Crippen LogP contribution in [0.2, 0.25) is 15.1 Å². The third kappa shape index (κ3) is 7.74. The van der Waals surface area contributed by atoms with Gasteiger partial charge in [-0.25, -0.2) is 8.42 Å². The van der Waals surface area contributed by atoms with Gasteiger partial charge in [-0.15, -0.1) is 0 Å². The fraction of sp³-hybridized carbons (Fsp3) is 0.333. The molecule has 0 unspecified atom stereocenters. The van der Waals surface area contributed by atoms with E-state index in [-0.39, 0.29) is 34.1 Å². The Kier molecular flexibility index (Phi) is 10.6. The van der Waals surface area contributed by atoms with E-state index in [9.17, 15) is 18.0 Å². The van der Waals surface area contributed by atoms with E-state index in [0.717, 1.165) is 36.4 Å². The summed E-state index contributed by atoms with van der Waals surface area (Å²) in [6.45, 7) is 1.04. The van der Waals surface area contributed by atoms with E-state index in [4.69, 9.17) is 34.8 Å². The first-order valence-electron chi connectivity index (χ1n) is 13.4. The molecule has 4 rings (SSSR count). The lowest BCUT2D eigenvalue weighted by Gasteiger charge is -2.33. The monoisotopic (exact) mass is 635 g/mol. The molecule has 1 fully saturated rings. The zero-order valence-electron chi connectivity index (χ0n) is 22.6. The molecule has 0 radical (unpaired) electrons. The second kappa shape index (κ2) is 13.9. The van der Waals surface area contributed by atoms with Crippen LogP contribution >= 0.6 is 34.8 Å². The topological polar surface area (TPSA) is 86.8 Å². The van der Waals surface area contributed by atoms with Gasteiger partial charge < -0.3 is 10.2 Å². The normalized spacial score (nSPS) is 14.7. The highest BCUT2D eigenvalue weighted by atomic mass is 35.5. The minimum atomic E-state index is -4.24. The van der Waals surface area contributed by atoms with Gasteiger partial charge in [-0.3, -0.25) is 13.9 Å². The first-order chi connectivity index (χ1) is 19.6. The van der Waals surface area contributed by atoms with E-state index < -0.39 is 28.5 Å². The first kappa shape index (κ1) is 31.2. The second-order valence-electron chi connectivity index (χ2n) is 10.1. The number of sulfonamides is 1. The molecule has 3 aromatic rings. The molecule has 0 aromatic heterocycles. The van der Waals surface area contributed by atoms with Crippen molar-refractivity contribution in [2.45, 2.75) is 62.6 Å². The number of nitrogens with one attached hydrogen (secondary N) is 1. The lowest BCUT2D eigenvalue weighted by Crippen LogP contribution is -2.53. The van der Waals surface area contributed by atoms with Crippen molar-refractivity contribution in [2.24, 2.45) is 0 Å². The Morgan fingerprint density at radius 2 is 1.56 bits per heavy atom. The van der Waals surface area contributed by atoms with Crippen LogP contribution in [0, 0.1) is 0 Å². The maximum absolute atomic E-state index is 14.1. The van der Waals surface area contributed by atoms with Gasteiger partial charge in [0.05, 0.1) is 15.6 Å². The molecular weight excluding hydrogens is 605 g/mol. The van der Waals surface area contributed by atoms with Gasteiger partial charge >= 0.3 is 0 Å². The number of carbonyl (C=O) groups excluding carboxylic acids is 2. The molecule has 11 heteroatoms. The number of halogens is 3. The first-order valence-corrected chi connectivity index (χ1v) is 16.0. The van der Waals surface area contributed by atoms with Crippen LogP contribution in [0.15, 0.2) is 77.7 Å². The number of benzene rings is 3. The van der Waals surface area contributed by atoms with Crippen molar-refractivity contribution >= 4 is 62.3 Å². The standard InChI is InChI=1S/C30H32Cl3N3O4S/c1-21(30(38)34-24-11-4-2-5-12-24)35(19-22-10-8-9-15-26(22)32)29(37)20-36(28-17-16-23(31)18-27(28)33)41(39,40)25-13-6-3-7-14-25/h3,6-10,13-18,21,24H,2,4-5,11-12,19-20H2,1H3,(H,34,38)/t21-/m0/s1. The van der Waals surface area contributed by atoms with Gasteiger partial charge in [0.15, 0.2) is 0 Å². The van der Waals surface area contributed by atoms with Crippen LogP contribution in [0.25, 0.3) is 0 Å². The van der Waals surface area contributed by atoms with Crippen LogP contribution in [0.5, 0.6) is 0 Å². The molecule has 41 heavy (non-hydrogen) atoms. The Hall–Kier alpha value is -2.78. The van der Waals surface area contributed by atoms with Gasteiger partial charge in [0.2, 0.25) is 11.8 Å². The van der Waals surface area contributed by atoms with Gasteiger partial charge in [-0.05, 0) is 61.7 Å². The van der Waals surface area contributed by atoms with E-state index in [1.165, 1.54) is 35.2 Å². The Balaban J connectivity index is 1.70. The lowest BCUT2D eigenvalue weighted by molar-refractivity contribution is -0.139. The molecule has 0 saturated heterocycles. The summed E-state index contributed by atoms with van der Waals surface area (Å²) in [7, 11) is -4.24. The summed E-state index contributed by atoms with van der Waals surface area (Å²) in [5.74, 6) is -0.902. The molecule has 3 aromatic carbocycles. The maximum atomic E-state index is 14.1. The number of hydrogen-bond acceptors (Lipinski definition) is 4. The molecule has 218 valence electrons. The SMILES string of the molecule is C[C@@H](C(=O)NC1CCCCC1)N(Cc1ccccc1Cl)C(=O)CN(c1ccc(Cl)cc1Cl)S(=O)(=O)c1ccccc1. The molecule has 0 heterocycles. The van der Waals surface area contributed by atoms with E-state index >= 15 is 0 Å². The Labute approximate surface area is 256 Å². The summed E-state index contributed by atoms with van der Waals surface area (Å²) in [6.07, 6.45) is 4.98. The summed E-state index contributed by atoms with van der Waals surface area (Å²) in [5.41, 5.74) is 0.715. The van der Waals surface area contributed by atoms with Crippen molar-refractivity contribution in [1.29, 1.82) is 0 Å². The number of hydrogen-bond donors (Lipinski definition) is 1. The van der Waals surface area contributed by atoms with Gasteiger partial charge in [-0.2, -0.15) is 0 Å². The zero-order valence-corrected chi connectivity index (χ0v) is 25.7. The molecule has 0 bridgehead atoms. The fourth-order valence-corrected chi connectivity index (χ4v) is 7.09. The number of carbonyl (C=O) groups is 2. The fourth-order valence-electron chi connectivity index (χ4n) is 4.88. The van der Waals surface area contributed by atoms with Crippen LogP contribution in [0.1, 0.15) is 44.6 Å². The number of anilines is 1. The molecule has 1 aliphatic carbocycles. The van der Waals surface area contributed by atoms with Gasteiger partial charge in [-0.1, -0.05) is 90.5 Å². The van der Waals surface area contributed by atoms with Crippen LogP contribution in [-0.4, -0.2) is 43.8 Å². The molecule has 1 saturated carbocycles. The third-order valence-electron chi connectivity index (χ3n) is 7.21. The Bertz CT molecular complexity index is 1480. The predicted octanol–water partition coefficient (Wildman–Crippen LogP) is 6.71. The zero-order chi connectivity index (χ0) is 29.6. The van der Waals surface area contributed by atoms with Crippen molar-refractivity contribution in [3.05, 3.63) is 93.4 Å². The lowest BCUT2D eigenvalue weighted by atomic mass is 9.95. The summed E-state index contributed by atoms with van der Waals surface area (Å²) in [5, 5.41) is 3.88. The highest BCUT2D eigenvalue weighted by Crippen LogP contribution is 2.33. The smallest absolute Gasteiger partial charge is 0.264 e. The molecule has 1 N–H and O–H groups in total. The van der Waals surface area contributed by atoms with E-state index in [1.54, 1.807) is 49.4 Å². The highest BCUT2D eigenvalue weighted by Gasteiger charge is 2.34. The Morgan fingerprint density at radius 3 is 2.22 bits per heavy atom. The molecule has 2 amide bonds. The number of nitrogens with zero attached hydrogens (tertiary/aromatic N) is 2. The quantitative estimate of drug-likeness (QED) is 0.268. The molecular formula is C30H32Cl3N3O4S. The highest BCUT2D eigenvalue weighted by molar-refractivity contribution is 7.92. The molecule has 1 atom stereocenters. The number of rotatable bonds is 10. The second-order valence-corrected chi connectivity index (χ2v) is 13.2. The van der Waals surface area contributed by atoms with Crippen molar-refractivity contribution in [1.82, 2.24) is 10.2 Å². The van der Waals surface area contributed by atoms with Crippen LogP contribution in [0.3, 0.4) is 0 Å². The molecule has 1 aliphatic rings. The molecule has 7 nitrogen and oxygen atoms in total. The third-order valence-corrected chi connectivity index (χ3v) is 9.89. The summed E-state index contributed by atoms with van der Waals surface area (Å²) in [6, 6.07) is 18.3. The van der Waals surface area contributed by atoms with Crippen molar-refractivity contribution < 1.29 is 18.0 Å². The van der Waals surface area contributed by atoms with E-state index in [0.29, 0.717) is 15.6 Å². The van der Waals surface area contributed by atoms with Crippen molar-refractivity contribution in [3.63, 3.8) is 0 Å². The average molecular weight is 637 g/mol. The van der Waals surface area contributed by atoms with Gasteiger partial charge in [0.25, 0.3) is 10.0 Å². The van der Waals surface area contributed by atoms with E-state index in [2.05, 4.69) is 5.32 Å². The average Bonchev–Trinajstić information content (AvgIpc) is 2.96. The molecule has 0 aliphatic heterocycles. The summed E-state index contributed by atoms with van der Waals surface area (Å²) in [4.78, 5) is 28.8. The van der Waals surface area contributed by atoms with Gasteiger partial charge in [0.1, 0.15) is 12.6 Å². The van der Waals surface area contributed by atoms with Gasteiger partial charge in [0, 0.05) is 22.6 Å². The molecule has 0 spiro atoms. The van der Waals surface area contributed by atoms with Crippen LogP contribution in [-0.2, 0) is 26.2 Å². The largest absolute Gasteiger partial charge is 0.352 e. The Morgan fingerprint density at radius 1 is 0.902 bits per heavy atom. The summed E-state index contributed by atoms with van der Waals surface area (Å²) >= 11 is 19.0.